The third-order valence-corrected chi connectivity index (χ3v) is 0. The maximum atomic E-state index is 0. The molecule has 0 heterocycles. The molecule has 0 aliphatic carbocycles. The molecule has 0 aromatic heterocycles. The van der Waals surface area contributed by atoms with Crippen LogP contribution < -0.4 is 18.8 Å². The summed E-state index contributed by atoms with van der Waals surface area (Å²) in [5, 5.41) is 0. The van der Waals surface area contributed by atoms with Crippen LogP contribution in [0.2, 0.25) is 0 Å². The van der Waals surface area contributed by atoms with Crippen LogP contribution in [0.3, 0.4) is 0 Å². The van der Waals surface area contributed by atoms with E-state index in [0.29, 0.717) is 0 Å². The van der Waals surface area contributed by atoms with E-state index >= 15 is 0 Å². The minimum atomic E-state index is 0. The van der Waals surface area contributed by atoms with Crippen molar-refractivity contribution in [2.24, 2.45) is 0 Å². The van der Waals surface area contributed by atoms with E-state index in [9.17, 15) is 0 Å². The van der Waals surface area contributed by atoms with Crippen molar-refractivity contribution in [3.63, 3.8) is 0 Å². The molecule has 0 saturated heterocycles. The van der Waals surface area contributed by atoms with Crippen LogP contribution in [-0.4, -0.2) is 51.2 Å². The van der Waals surface area contributed by atoms with E-state index < -0.39 is 0 Å². The van der Waals surface area contributed by atoms with E-state index in [0.717, 1.165) is 0 Å². The van der Waals surface area contributed by atoms with Gasteiger partial charge in [0, 0.05) is 0 Å². The molecule has 0 rings (SSSR count). The van der Waals surface area contributed by atoms with Gasteiger partial charge in [-0.25, -0.2) is 0 Å². The zero-order valence-electron chi connectivity index (χ0n) is 2.51. The van der Waals surface area contributed by atoms with Crippen molar-refractivity contribution in [3.05, 3.63) is 0 Å². The molecule has 0 aliphatic rings. The summed E-state index contributed by atoms with van der Waals surface area (Å²) in [4.78, 5) is 0. The summed E-state index contributed by atoms with van der Waals surface area (Å²) in [6.45, 7) is 0. The van der Waals surface area contributed by atoms with Crippen molar-refractivity contribution in [1.29, 1.82) is 0 Å². The predicted molar refractivity (Wildman–Crippen MR) is 11.5 cm³/mol. The molecule has 6 heteroatoms. The van der Waals surface area contributed by atoms with E-state index in [2.05, 4.69) is 0 Å². The predicted octanol–water partition coefficient (Wildman–Crippen LogP) is -12.7. The van der Waals surface area contributed by atoms with Gasteiger partial charge in [-0.15, -0.1) is 0 Å². The van der Waals surface area contributed by atoms with Crippen LogP contribution >= 0.6 is 0 Å². The largest absolute Gasteiger partial charge is 2.00 e. The molecule has 6 heavy (non-hydrogen) atoms. The third-order valence-electron chi connectivity index (χ3n) is 0. The third kappa shape index (κ3) is 51.7. The first-order valence-electron chi connectivity index (χ1n) is 0. The first-order chi connectivity index (χ1) is 0. The minimum Gasteiger partial charge on any atom is -1.00 e. The molecule has 0 aromatic rings. The monoisotopic (exact) mass is 404 g/mol. The van der Waals surface area contributed by atoms with Crippen LogP contribution in [0.5, 0.6) is 0 Å². The summed E-state index contributed by atoms with van der Waals surface area (Å²) < 4.78 is 0. The van der Waals surface area contributed by atoms with Gasteiger partial charge in [0.15, 0.2) is 0 Å². The summed E-state index contributed by atoms with van der Waals surface area (Å²) in [5.41, 5.74) is 0. The first-order valence-corrected chi connectivity index (χ1v) is 0. The molecule has 0 aromatic carbocycles. The van der Waals surface area contributed by atoms with Gasteiger partial charge in [-0.2, -0.15) is 0 Å². The summed E-state index contributed by atoms with van der Waals surface area (Å²) in [6.07, 6.45) is 0. The Morgan fingerprint density at radius 1 is 0.500 bits per heavy atom. The molecule has 0 amide bonds. The molecule has 0 atom stereocenters. The second-order valence-electron chi connectivity index (χ2n) is 0. The van der Waals surface area contributed by atoms with E-state index in [4.69, 9.17) is 0 Å². The fraction of sp³-hybridized carbons (Fsp3) is 0. The van der Waals surface area contributed by atoms with Gasteiger partial charge in [0.1, 0.15) is 0 Å². The van der Waals surface area contributed by atoms with Crippen molar-refractivity contribution >= 4 is 51.2 Å². The molecular formula is F4PbSn. The number of rotatable bonds is 0. The van der Waals surface area contributed by atoms with Gasteiger partial charge in [-0.05, 0) is 0 Å². The number of halogens is 4. The molecule has 0 unspecified atom stereocenters. The Kier molecular flexibility index (Phi) is 2280. The van der Waals surface area contributed by atoms with Gasteiger partial charge in [0.05, 0.1) is 0 Å². The Morgan fingerprint density at radius 2 is 0.500 bits per heavy atom. The van der Waals surface area contributed by atoms with Crippen LogP contribution in [0.4, 0.5) is 0 Å². The summed E-state index contributed by atoms with van der Waals surface area (Å²) in [6, 6.07) is 0. The fourth-order valence-corrected chi connectivity index (χ4v) is 0. The molecule has 0 saturated carbocycles. The summed E-state index contributed by atoms with van der Waals surface area (Å²) >= 11 is 0. The molecule has 0 spiro atoms. The van der Waals surface area contributed by atoms with Gasteiger partial charge < -0.3 is 18.8 Å². The van der Waals surface area contributed by atoms with Crippen LogP contribution in [0.25, 0.3) is 0 Å². The zero-order valence-corrected chi connectivity index (χ0v) is 9.25. The molecular weight excluding hydrogens is 402 g/mol. The van der Waals surface area contributed by atoms with E-state index in [1.807, 2.05) is 0 Å². The fourth-order valence-electron chi connectivity index (χ4n) is 0. The Balaban J connectivity index is 0. The van der Waals surface area contributed by atoms with Crippen LogP contribution in [0, 0.1) is 0 Å². The number of hydrogen-bond donors (Lipinski definition) is 0. The van der Waals surface area contributed by atoms with E-state index in [1.54, 1.807) is 0 Å². The quantitative estimate of drug-likeness (QED) is 0.279. The Morgan fingerprint density at radius 3 is 0.500 bits per heavy atom. The van der Waals surface area contributed by atoms with Gasteiger partial charge in [0.25, 0.3) is 0 Å². The van der Waals surface area contributed by atoms with Crippen LogP contribution in [0.1, 0.15) is 0 Å². The zero-order chi connectivity index (χ0) is 0. The van der Waals surface area contributed by atoms with Crippen molar-refractivity contribution in [2.75, 3.05) is 0 Å². The topological polar surface area (TPSA) is 0 Å². The van der Waals surface area contributed by atoms with Crippen molar-refractivity contribution in [2.45, 2.75) is 0 Å². The Bertz CT molecular complexity index is 7.51. The van der Waals surface area contributed by atoms with Crippen LogP contribution in [0.15, 0.2) is 0 Å². The molecule has 0 nitrogen and oxygen atoms in total. The maximum absolute atomic E-state index is 0. The van der Waals surface area contributed by atoms with Crippen LogP contribution in [-0.2, 0) is 0 Å². The van der Waals surface area contributed by atoms with Crippen molar-refractivity contribution in [1.82, 2.24) is 0 Å². The first kappa shape index (κ1) is 149. The smallest absolute Gasteiger partial charge is 1.00 e. The molecule has 0 bridgehead atoms. The average molecular weight is 402 g/mol. The number of hydrogen-bond acceptors (Lipinski definition) is 0. The standard InChI is InChI=1S/4FH.Pb.Sn/h4*1H;;/q;;;;2*+2/p-4. The normalized spacial score (nSPS) is 0. The molecule has 0 fully saturated rings. The van der Waals surface area contributed by atoms with Crippen molar-refractivity contribution in [3.8, 4) is 0 Å². The van der Waals surface area contributed by atoms with Gasteiger partial charge in [0.2, 0.25) is 0 Å². The van der Waals surface area contributed by atoms with E-state index in [-0.39, 0.29) is 70.0 Å². The molecule has 4 radical (unpaired) electrons. The average Bonchev–Trinajstić information content (AvgIpc) is 0. The molecule has 36 valence electrons. The summed E-state index contributed by atoms with van der Waals surface area (Å²) in [7, 11) is 0. The summed E-state index contributed by atoms with van der Waals surface area (Å²) in [5.74, 6) is 0. The Labute approximate surface area is 69.6 Å². The molecule has 0 N–H and O–H groups in total. The minimum absolute atomic E-state index is 0. The van der Waals surface area contributed by atoms with Gasteiger partial charge >= 0.3 is 51.2 Å². The molecule has 0 aliphatic heterocycles. The van der Waals surface area contributed by atoms with E-state index in [1.165, 1.54) is 0 Å². The van der Waals surface area contributed by atoms with Gasteiger partial charge in [-0.1, -0.05) is 0 Å². The second kappa shape index (κ2) is 91.8. The maximum Gasteiger partial charge on any atom is 2.00 e. The second-order valence-corrected chi connectivity index (χ2v) is 0. The Hall–Kier alpha value is 1.44. The SMILES string of the molecule is [F-].[F-].[F-].[F-].[Pb+2].[Sn+2]. The van der Waals surface area contributed by atoms with Gasteiger partial charge in [-0.3, -0.25) is 0 Å². The van der Waals surface area contributed by atoms with Crippen molar-refractivity contribution < 1.29 is 18.8 Å².